The van der Waals surface area contributed by atoms with E-state index in [0.717, 1.165) is 11.4 Å². The SMILES string of the molecule is CCOc1cccc(C(=O)N(C)c2ccc(OC)cc2)c1. The van der Waals surface area contributed by atoms with Crippen LogP contribution in [0.2, 0.25) is 0 Å². The van der Waals surface area contributed by atoms with Gasteiger partial charge in [0.25, 0.3) is 5.91 Å². The number of benzene rings is 2. The van der Waals surface area contributed by atoms with Gasteiger partial charge in [0.05, 0.1) is 13.7 Å². The third-order valence-electron chi connectivity index (χ3n) is 3.16. The molecule has 0 aromatic heterocycles. The molecule has 0 unspecified atom stereocenters. The number of rotatable bonds is 5. The summed E-state index contributed by atoms with van der Waals surface area (Å²) in [7, 11) is 3.36. The van der Waals surface area contributed by atoms with Crippen LogP contribution in [0.4, 0.5) is 5.69 Å². The topological polar surface area (TPSA) is 38.8 Å². The smallest absolute Gasteiger partial charge is 0.258 e. The summed E-state index contributed by atoms with van der Waals surface area (Å²) >= 11 is 0. The average Bonchev–Trinajstić information content (AvgIpc) is 2.54. The Morgan fingerprint density at radius 1 is 1.10 bits per heavy atom. The molecule has 0 heterocycles. The van der Waals surface area contributed by atoms with Gasteiger partial charge in [-0.1, -0.05) is 6.07 Å². The molecule has 4 heteroatoms. The Morgan fingerprint density at radius 2 is 1.81 bits per heavy atom. The fraction of sp³-hybridized carbons (Fsp3) is 0.235. The van der Waals surface area contributed by atoms with Crippen molar-refractivity contribution in [3.05, 3.63) is 54.1 Å². The minimum Gasteiger partial charge on any atom is -0.497 e. The summed E-state index contributed by atoms with van der Waals surface area (Å²) in [4.78, 5) is 14.1. The van der Waals surface area contributed by atoms with Crippen LogP contribution in [0, 0.1) is 0 Å². The van der Waals surface area contributed by atoms with Crippen molar-refractivity contribution in [3.8, 4) is 11.5 Å². The Labute approximate surface area is 124 Å². The van der Waals surface area contributed by atoms with E-state index in [0.29, 0.717) is 17.9 Å². The molecule has 0 saturated carbocycles. The molecule has 21 heavy (non-hydrogen) atoms. The van der Waals surface area contributed by atoms with E-state index in [1.165, 1.54) is 0 Å². The summed E-state index contributed by atoms with van der Waals surface area (Å²) in [6.45, 7) is 2.49. The molecule has 0 fully saturated rings. The van der Waals surface area contributed by atoms with Crippen molar-refractivity contribution in [2.24, 2.45) is 0 Å². The number of ether oxygens (including phenoxy) is 2. The Balaban J connectivity index is 2.19. The molecule has 0 aliphatic carbocycles. The number of anilines is 1. The van der Waals surface area contributed by atoms with Crippen LogP contribution < -0.4 is 14.4 Å². The normalized spacial score (nSPS) is 10.0. The van der Waals surface area contributed by atoms with Crippen LogP contribution in [-0.4, -0.2) is 26.7 Å². The predicted octanol–water partition coefficient (Wildman–Crippen LogP) is 3.37. The van der Waals surface area contributed by atoms with Crippen molar-refractivity contribution >= 4 is 11.6 Å². The quantitative estimate of drug-likeness (QED) is 0.845. The second kappa shape index (κ2) is 6.79. The zero-order valence-electron chi connectivity index (χ0n) is 12.5. The van der Waals surface area contributed by atoms with Crippen LogP contribution in [0.5, 0.6) is 11.5 Å². The van der Waals surface area contributed by atoms with E-state index in [2.05, 4.69) is 0 Å². The van der Waals surface area contributed by atoms with Gasteiger partial charge in [0.1, 0.15) is 11.5 Å². The van der Waals surface area contributed by atoms with Gasteiger partial charge in [0.15, 0.2) is 0 Å². The molecule has 4 nitrogen and oxygen atoms in total. The first-order chi connectivity index (χ1) is 10.2. The molecule has 2 aromatic rings. The highest BCUT2D eigenvalue weighted by molar-refractivity contribution is 6.05. The Bertz CT molecular complexity index is 608. The Hall–Kier alpha value is -2.49. The van der Waals surface area contributed by atoms with Crippen LogP contribution in [-0.2, 0) is 0 Å². The lowest BCUT2D eigenvalue weighted by Crippen LogP contribution is -2.26. The molecule has 0 aliphatic heterocycles. The minimum atomic E-state index is -0.0817. The lowest BCUT2D eigenvalue weighted by atomic mass is 10.1. The molecule has 110 valence electrons. The molecule has 0 radical (unpaired) electrons. The van der Waals surface area contributed by atoms with Crippen molar-refractivity contribution in [3.63, 3.8) is 0 Å². The molecule has 2 aromatic carbocycles. The van der Waals surface area contributed by atoms with Gasteiger partial charge in [-0.2, -0.15) is 0 Å². The Morgan fingerprint density at radius 3 is 2.43 bits per heavy atom. The van der Waals surface area contributed by atoms with Gasteiger partial charge in [0, 0.05) is 18.3 Å². The summed E-state index contributed by atoms with van der Waals surface area (Å²) < 4.78 is 10.5. The standard InChI is InChI=1S/C17H19NO3/c1-4-21-16-7-5-6-13(12-16)17(19)18(2)14-8-10-15(20-3)11-9-14/h5-12H,4H2,1-3H3. The van der Waals surface area contributed by atoms with Gasteiger partial charge in [-0.3, -0.25) is 4.79 Å². The molecule has 0 aliphatic rings. The summed E-state index contributed by atoms with van der Waals surface area (Å²) in [5.41, 5.74) is 1.40. The van der Waals surface area contributed by atoms with Gasteiger partial charge < -0.3 is 14.4 Å². The van der Waals surface area contributed by atoms with E-state index in [9.17, 15) is 4.79 Å². The van der Waals surface area contributed by atoms with E-state index in [4.69, 9.17) is 9.47 Å². The summed E-state index contributed by atoms with van der Waals surface area (Å²) in [6.07, 6.45) is 0. The maximum absolute atomic E-state index is 12.5. The number of nitrogens with zero attached hydrogens (tertiary/aromatic N) is 1. The number of hydrogen-bond acceptors (Lipinski definition) is 3. The van der Waals surface area contributed by atoms with Gasteiger partial charge in [0.2, 0.25) is 0 Å². The van der Waals surface area contributed by atoms with E-state index >= 15 is 0 Å². The zero-order chi connectivity index (χ0) is 15.2. The van der Waals surface area contributed by atoms with E-state index in [1.807, 2.05) is 43.3 Å². The Kier molecular flexibility index (Phi) is 4.82. The van der Waals surface area contributed by atoms with Gasteiger partial charge >= 0.3 is 0 Å². The van der Waals surface area contributed by atoms with Gasteiger partial charge in [-0.05, 0) is 49.4 Å². The van der Waals surface area contributed by atoms with Crippen LogP contribution in [0.25, 0.3) is 0 Å². The van der Waals surface area contributed by atoms with Crippen LogP contribution >= 0.6 is 0 Å². The fourth-order valence-corrected chi connectivity index (χ4v) is 2.00. The highest BCUT2D eigenvalue weighted by atomic mass is 16.5. The first kappa shape index (κ1) is 14.9. The number of carbonyl (C=O) groups excluding carboxylic acids is 1. The van der Waals surface area contributed by atoms with Gasteiger partial charge in [-0.15, -0.1) is 0 Å². The monoisotopic (exact) mass is 285 g/mol. The first-order valence-electron chi connectivity index (χ1n) is 6.80. The van der Waals surface area contributed by atoms with E-state index in [-0.39, 0.29) is 5.91 Å². The highest BCUT2D eigenvalue weighted by Gasteiger charge is 2.14. The van der Waals surface area contributed by atoms with Crippen LogP contribution in [0.1, 0.15) is 17.3 Å². The van der Waals surface area contributed by atoms with Crippen LogP contribution in [0.3, 0.4) is 0 Å². The lowest BCUT2D eigenvalue weighted by Gasteiger charge is -2.18. The second-order valence-corrected chi connectivity index (χ2v) is 4.52. The molecule has 1 amide bonds. The molecule has 2 rings (SSSR count). The van der Waals surface area contributed by atoms with Crippen LogP contribution in [0.15, 0.2) is 48.5 Å². The lowest BCUT2D eigenvalue weighted by molar-refractivity contribution is 0.0992. The van der Waals surface area contributed by atoms with Crippen molar-refractivity contribution in [1.82, 2.24) is 0 Å². The molecule has 0 spiro atoms. The summed E-state index contributed by atoms with van der Waals surface area (Å²) in [6, 6.07) is 14.6. The number of methoxy groups -OCH3 is 1. The molecular weight excluding hydrogens is 266 g/mol. The third kappa shape index (κ3) is 3.54. The molecule has 0 N–H and O–H groups in total. The van der Waals surface area contributed by atoms with E-state index in [1.54, 1.807) is 31.2 Å². The maximum atomic E-state index is 12.5. The number of amides is 1. The average molecular weight is 285 g/mol. The summed E-state index contributed by atoms with van der Waals surface area (Å²) in [5, 5.41) is 0. The van der Waals surface area contributed by atoms with Crippen molar-refractivity contribution in [2.45, 2.75) is 6.92 Å². The third-order valence-corrected chi connectivity index (χ3v) is 3.16. The predicted molar refractivity (Wildman–Crippen MR) is 83.3 cm³/mol. The zero-order valence-corrected chi connectivity index (χ0v) is 12.5. The largest absolute Gasteiger partial charge is 0.497 e. The van der Waals surface area contributed by atoms with E-state index < -0.39 is 0 Å². The summed E-state index contributed by atoms with van der Waals surface area (Å²) in [5.74, 6) is 1.38. The molecule has 0 saturated heterocycles. The fourth-order valence-electron chi connectivity index (χ4n) is 2.00. The molecular formula is C17H19NO3. The number of carbonyl (C=O) groups is 1. The van der Waals surface area contributed by atoms with Gasteiger partial charge in [-0.25, -0.2) is 0 Å². The second-order valence-electron chi connectivity index (χ2n) is 4.52. The van der Waals surface area contributed by atoms with Crippen molar-refractivity contribution < 1.29 is 14.3 Å². The molecule has 0 atom stereocenters. The first-order valence-corrected chi connectivity index (χ1v) is 6.80. The van der Waals surface area contributed by atoms with Crippen molar-refractivity contribution in [2.75, 3.05) is 25.7 Å². The van der Waals surface area contributed by atoms with Crippen molar-refractivity contribution in [1.29, 1.82) is 0 Å². The molecule has 0 bridgehead atoms. The minimum absolute atomic E-state index is 0.0817. The number of hydrogen-bond donors (Lipinski definition) is 0. The maximum Gasteiger partial charge on any atom is 0.258 e. The highest BCUT2D eigenvalue weighted by Crippen LogP contribution is 2.21.